The minimum Gasteiger partial charge on any atom is -0.357 e. The molecular weight excluding hydrogens is 369 g/mol. The van der Waals surface area contributed by atoms with Gasteiger partial charge in [0.25, 0.3) is 0 Å². The fourth-order valence-corrected chi connectivity index (χ4v) is 2.82. The van der Waals surface area contributed by atoms with Crippen LogP contribution in [-0.2, 0) is 28.3 Å². The molecule has 1 rings (SSSR count). The second kappa shape index (κ2) is 10.5. The Kier molecular flexibility index (Phi) is 9.09. The highest BCUT2D eigenvalue weighted by Crippen LogP contribution is 2.09. The Bertz CT molecular complexity index is 607. The van der Waals surface area contributed by atoms with E-state index in [0.717, 1.165) is 0 Å². The molecule has 24 heavy (non-hydrogen) atoms. The minimum absolute atomic E-state index is 0.0268. The number of hydrogen-bond donors (Lipinski definition) is 1. The van der Waals surface area contributed by atoms with Crippen molar-refractivity contribution in [2.24, 2.45) is 0 Å². The number of nitrogens with one attached hydrogen (secondary N) is 1. The van der Waals surface area contributed by atoms with E-state index in [2.05, 4.69) is 34.5 Å². The third kappa shape index (κ3) is 7.98. The monoisotopic (exact) mass is 387 g/mol. The molecule has 0 fully saturated rings. The lowest BCUT2D eigenvalue weighted by Crippen LogP contribution is -2.29. The zero-order valence-corrected chi connectivity index (χ0v) is 14.9. The molecule has 0 aliphatic rings. The van der Waals surface area contributed by atoms with Gasteiger partial charge in [0, 0.05) is 20.6 Å². The molecule has 1 N–H and O–H groups in total. The first-order valence-corrected chi connectivity index (χ1v) is 9.03. The minimum atomic E-state index is -3.39. The maximum Gasteiger partial charge on any atom is 0.315 e. The van der Waals surface area contributed by atoms with Crippen molar-refractivity contribution in [1.29, 1.82) is 0 Å². The number of hydrogen-bond acceptors (Lipinski definition) is 12. The third-order valence-corrected chi connectivity index (χ3v) is 4.52. The van der Waals surface area contributed by atoms with E-state index in [-0.39, 0.29) is 36.6 Å². The van der Waals surface area contributed by atoms with Gasteiger partial charge in [0.15, 0.2) is 22.2 Å². The van der Waals surface area contributed by atoms with Crippen LogP contribution < -0.4 is 10.2 Å². The van der Waals surface area contributed by atoms with Gasteiger partial charge in [-0.15, -0.1) is 4.33 Å². The van der Waals surface area contributed by atoms with E-state index in [4.69, 9.17) is 4.18 Å². The summed E-state index contributed by atoms with van der Waals surface area (Å²) in [6.07, 6.45) is -0.956. The van der Waals surface area contributed by atoms with Crippen molar-refractivity contribution in [2.45, 2.75) is 0 Å². The Morgan fingerprint density at radius 2 is 2.04 bits per heavy atom. The number of halogens is 1. The molecule has 0 radical (unpaired) electrons. The van der Waals surface area contributed by atoms with Crippen LogP contribution in [0.2, 0.25) is 0 Å². The summed E-state index contributed by atoms with van der Waals surface area (Å²) in [6.45, 7) is -0.0283. The molecule has 1 aromatic rings. The van der Waals surface area contributed by atoms with Gasteiger partial charge in [-0.1, -0.05) is 5.04 Å². The highest BCUT2D eigenvalue weighted by molar-refractivity contribution is 7.91. The highest BCUT2D eigenvalue weighted by atomic mass is 32.2. The Morgan fingerprint density at radius 1 is 1.29 bits per heavy atom. The lowest BCUT2D eigenvalue weighted by Gasteiger charge is -2.17. The van der Waals surface area contributed by atoms with Crippen LogP contribution >= 0.6 is 12.3 Å². The molecule has 0 bridgehead atoms. The van der Waals surface area contributed by atoms with E-state index in [1.807, 2.05) is 0 Å². The Morgan fingerprint density at radius 3 is 2.71 bits per heavy atom. The first-order chi connectivity index (χ1) is 11.4. The molecule has 11 nitrogen and oxygen atoms in total. The van der Waals surface area contributed by atoms with E-state index < -0.39 is 15.9 Å². The van der Waals surface area contributed by atoms with Gasteiger partial charge >= 0.3 is 6.08 Å². The van der Waals surface area contributed by atoms with Gasteiger partial charge < -0.3 is 10.2 Å². The highest BCUT2D eigenvalue weighted by Gasteiger charge is 2.15. The van der Waals surface area contributed by atoms with Crippen LogP contribution in [0.1, 0.15) is 0 Å². The summed E-state index contributed by atoms with van der Waals surface area (Å²) in [5.41, 5.74) is 0. The van der Waals surface area contributed by atoms with Crippen LogP contribution in [0.25, 0.3) is 0 Å². The summed E-state index contributed by atoms with van der Waals surface area (Å²) in [5.74, 6) is -0.331. The molecule has 0 spiro atoms. The Hall–Kier alpha value is -1.32. The molecule has 138 valence electrons. The van der Waals surface area contributed by atoms with Crippen molar-refractivity contribution in [2.75, 3.05) is 56.1 Å². The number of sulfone groups is 1. The normalized spacial score (nSPS) is 11.5. The second-order valence-corrected chi connectivity index (χ2v) is 7.06. The number of aromatic nitrogens is 3. The summed E-state index contributed by atoms with van der Waals surface area (Å²) in [6, 6.07) is 0. The van der Waals surface area contributed by atoms with E-state index in [1.165, 1.54) is 19.1 Å². The van der Waals surface area contributed by atoms with Crippen LogP contribution in [0.4, 0.5) is 16.3 Å². The fourth-order valence-electron chi connectivity index (χ4n) is 1.35. The van der Waals surface area contributed by atoms with Crippen molar-refractivity contribution in [1.82, 2.24) is 15.0 Å². The van der Waals surface area contributed by atoms with Crippen molar-refractivity contribution in [3.8, 4) is 0 Å². The number of anilines is 2. The first kappa shape index (κ1) is 20.7. The van der Waals surface area contributed by atoms with Gasteiger partial charge in [0.1, 0.15) is 0 Å². The SMILES string of the molecule is CNc1nc(F)nc(N(C)CCS(=O)(=O)CCOSOOOC)n1. The zero-order valence-electron chi connectivity index (χ0n) is 13.3. The Balaban J connectivity index is 2.42. The van der Waals surface area contributed by atoms with E-state index in [0.29, 0.717) is 12.3 Å². The summed E-state index contributed by atoms with van der Waals surface area (Å²) in [5, 5.41) is 6.64. The van der Waals surface area contributed by atoms with Crippen molar-refractivity contribution in [3.63, 3.8) is 0 Å². The predicted octanol–water partition coefficient (Wildman–Crippen LogP) is -0.00720. The van der Waals surface area contributed by atoms with Crippen LogP contribution in [-0.4, -0.2) is 69.2 Å². The molecule has 0 amide bonds. The van der Waals surface area contributed by atoms with Gasteiger partial charge in [-0.2, -0.15) is 19.3 Å². The van der Waals surface area contributed by atoms with Gasteiger partial charge in [0.2, 0.25) is 11.9 Å². The lowest BCUT2D eigenvalue weighted by molar-refractivity contribution is -0.449. The van der Waals surface area contributed by atoms with Crippen LogP contribution in [0.5, 0.6) is 0 Å². The van der Waals surface area contributed by atoms with Gasteiger partial charge in [-0.25, -0.2) is 13.3 Å². The molecule has 0 aliphatic heterocycles. The van der Waals surface area contributed by atoms with Crippen LogP contribution in [0, 0.1) is 6.08 Å². The largest absolute Gasteiger partial charge is 0.357 e. The Labute approximate surface area is 143 Å². The fraction of sp³-hybridized carbons (Fsp3) is 0.700. The van der Waals surface area contributed by atoms with Crippen molar-refractivity contribution in [3.05, 3.63) is 6.08 Å². The molecule has 14 heteroatoms. The van der Waals surface area contributed by atoms with E-state index >= 15 is 0 Å². The zero-order chi connectivity index (χ0) is 18.0. The summed E-state index contributed by atoms with van der Waals surface area (Å²) < 4.78 is 46.1. The maximum atomic E-state index is 13.2. The lowest BCUT2D eigenvalue weighted by atomic mass is 10.6. The quantitative estimate of drug-likeness (QED) is 0.224. The molecule has 1 aromatic heterocycles. The molecule has 0 saturated heterocycles. The molecule has 0 aromatic carbocycles. The summed E-state index contributed by atoms with van der Waals surface area (Å²) >= 11 is 0.448. The molecule has 0 unspecified atom stereocenters. The van der Waals surface area contributed by atoms with E-state index in [9.17, 15) is 12.8 Å². The van der Waals surface area contributed by atoms with Crippen LogP contribution in [0.15, 0.2) is 0 Å². The van der Waals surface area contributed by atoms with E-state index in [1.54, 1.807) is 7.05 Å². The van der Waals surface area contributed by atoms with Crippen molar-refractivity contribution < 1.29 is 31.3 Å². The standard InChI is InChI=1S/C10H18FN5O6S2/c1-12-9-13-8(11)14-10(15-9)16(2)4-6-24(17,18)7-5-20-23-22-21-19-3/h4-7H2,1-3H3,(H,12,13,14,15). The van der Waals surface area contributed by atoms with Gasteiger partial charge in [-0.3, -0.25) is 4.18 Å². The van der Waals surface area contributed by atoms with Crippen molar-refractivity contribution >= 4 is 34.1 Å². The van der Waals surface area contributed by atoms with Gasteiger partial charge in [0.05, 0.1) is 25.2 Å². The summed E-state index contributed by atoms with van der Waals surface area (Å²) in [7, 11) is 0.922. The maximum absolute atomic E-state index is 13.2. The number of rotatable bonds is 12. The predicted molar refractivity (Wildman–Crippen MR) is 84.0 cm³/mol. The smallest absolute Gasteiger partial charge is 0.315 e. The average molecular weight is 387 g/mol. The molecule has 1 heterocycles. The molecular formula is C10H18FN5O6S2. The van der Waals surface area contributed by atoms with Gasteiger partial charge in [-0.05, 0) is 0 Å². The third-order valence-electron chi connectivity index (χ3n) is 2.55. The first-order valence-electron chi connectivity index (χ1n) is 6.54. The summed E-state index contributed by atoms with van der Waals surface area (Å²) in [4.78, 5) is 16.4. The van der Waals surface area contributed by atoms with Crippen LogP contribution in [0.3, 0.4) is 0 Å². The average Bonchev–Trinajstić information content (AvgIpc) is 2.55. The molecule has 0 atom stereocenters. The molecule has 0 saturated carbocycles. The number of nitrogens with zero attached hydrogens (tertiary/aromatic N) is 4. The molecule has 0 aliphatic carbocycles. The topological polar surface area (TPSA) is 125 Å². The second-order valence-electron chi connectivity index (χ2n) is 4.24.